The second-order valence-electron chi connectivity index (χ2n) is 5.46. The maximum atomic E-state index is 5.94. The Bertz CT molecular complexity index is 591. The summed E-state index contributed by atoms with van der Waals surface area (Å²) in [5.74, 6) is 2.16. The summed E-state index contributed by atoms with van der Waals surface area (Å²) in [6.45, 7) is 3.94. The smallest absolute Gasteiger partial charge is 0.123 e. The van der Waals surface area contributed by atoms with Gasteiger partial charge < -0.3 is 14.6 Å². The van der Waals surface area contributed by atoms with Gasteiger partial charge in [-0.15, -0.1) is 0 Å². The molecule has 2 aromatic rings. The number of benzene rings is 1. The lowest BCUT2D eigenvalue weighted by molar-refractivity contribution is 0.228. The molecule has 0 spiro atoms. The Morgan fingerprint density at radius 2 is 2.35 bits per heavy atom. The number of ether oxygens (including phenoxy) is 1. The van der Waals surface area contributed by atoms with Crippen molar-refractivity contribution in [3.63, 3.8) is 0 Å². The second kappa shape index (κ2) is 5.67. The minimum atomic E-state index is 0.258. The fourth-order valence-corrected chi connectivity index (χ4v) is 2.66. The first-order valence-electron chi connectivity index (χ1n) is 7.15. The molecular weight excluding hydrogens is 250 g/mol. The van der Waals surface area contributed by atoms with Gasteiger partial charge in [0, 0.05) is 45.4 Å². The van der Waals surface area contributed by atoms with Crippen LogP contribution in [0.25, 0.3) is 0 Å². The van der Waals surface area contributed by atoms with Crippen molar-refractivity contribution in [2.24, 2.45) is 7.05 Å². The van der Waals surface area contributed by atoms with Crippen LogP contribution in [0, 0.1) is 6.92 Å². The van der Waals surface area contributed by atoms with Crippen LogP contribution in [0.15, 0.2) is 30.6 Å². The Morgan fingerprint density at radius 3 is 3.15 bits per heavy atom. The van der Waals surface area contributed by atoms with Crippen LogP contribution in [-0.4, -0.2) is 28.7 Å². The normalized spacial score (nSPS) is 17.0. The zero-order valence-corrected chi connectivity index (χ0v) is 12.1. The summed E-state index contributed by atoms with van der Waals surface area (Å²) in [4.78, 5) is 4.32. The SMILES string of the molecule is Cc1ccc2c(c1)CC(CNCCc1nccn1C)O2. The molecule has 0 amide bonds. The number of aryl methyl sites for hydroxylation is 2. The summed E-state index contributed by atoms with van der Waals surface area (Å²) in [7, 11) is 2.03. The Labute approximate surface area is 119 Å². The van der Waals surface area contributed by atoms with Crippen LogP contribution in [0.3, 0.4) is 0 Å². The number of rotatable bonds is 5. The number of fused-ring (bicyclic) bond motifs is 1. The van der Waals surface area contributed by atoms with E-state index in [9.17, 15) is 0 Å². The van der Waals surface area contributed by atoms with Crippen molar-refractivity contribution >= 4 is 0 Å². The van der Waals surface area contributed by atoms with Crippen LogP contribution >= 0.6 is 0 Å². The number of aromatic nitrogens is 2. The van der Waals surface area contributed by atoms with Gasteiger partial charge in [-0.2, -0.15) is 0 Å². The lowest BCUT2D eigenvalue weighted by Crippen LogP contribution is -2.31. The van der Waals surface area contributed by atoms with Crippen LogP contribution in [0.2, 0.25) is 0 Å². The molecule has 0 aliphatic carbocycles. The van der Waals surface area contributed by atoms with Gasteiger partial charge in [-0.25, -0.2) is 4.98 Å². The average Bonchev–Trinajstić information content (AvgIpc) is 3.00. The van der Waals surface area contributed by atoms with Crippen LogP contribution < -0.4 is 10.1 Å². The molecule has 3 rings (SSSR count). The molecule has 1 atom stereocenters. The molecule has 1 aliphatic rings. The van der Waals surface area contributed by atoms with Crippen molar-refractivity contribution in [2.75, 3.05) is 13.1 Å². The minimum Gasteiger partial charge on any atom is -0.488 e. The highest BCUT2D eigenvalue weighted by atomic mass is 16.5. The van der Waals surface area contributed by atoms with E-state index in [0.717, 1.165) is 37.5 Å². The van der Waals surface area contributed by atoms with Gasteiger partial charge in [-0.1, -0.05) is 17.7 Å². The first kappa shape index (κ1) is 13.2. The van der Waals surface area contributed by atoms with Crippen molar-refractivity contribution in [1.29, 1.82) is 0 Å². The van der Waals surface area contributed by atoms with Crippen LogP contribution in [0.1, 0.15) is 17.0 Å². The van der Waals surface area contributed by atoms with E-state index in [-0.39, 0.29) is 6.10 Å². The summed E-state index contributed by atoms with van der Waals surface area (Å²) in [5.41, 5.74) is 2.64. The standard InChI is InChI=1S/C16H21N3O/c1-12-3-4-15-13(9-12)10-14(20-15)11-17-6-5-16-18-7-8-19(16)2/h3-4,7-9,14,17H,5-6,10-11H2,1-2H3. The predicted molar refractivity (Wildman–Crippen MR) is 79.1 cm³/mol. The van der Waals surface area contributed by atoms with Crippen LogP contribution in [-0.2, 0) is 19.9 Å². The molecule has 1 N–H and O–H groups in total. The van der Waals surface area contributed by atoms with Crippen LogP contribution in [0.4, 0.5) is 0 Å². The van der Waals surface area contributed by atoms with E-state index in [1.807, 2.05) is 19.4 Å². The molecule has 0 fully saturated rings. The molecule has 106 valence electrons. The van der Waals surface area contributed by atoms with Gasteiger partial charge in [0.2, 0.25) is 0 Å². The number of hydrogen-bond acceptors (Lipinski definition) is 3. The van der Waals surface area contributed by atoms with E-state index < -0.39 is 0 Å². The molecular formula is C16H21N3O. The number of nitrogens with one attached hydrogen (secondary N) is 1. The van der Waals surface area contributed by atoms with E-state index >= 15 is 0 Å². The van der Waals surface area contributed by atoms with E-state index in [2.05, 4.69) is 40.0 Å². The van der Waals surface area contributed by atoms with E-state index in [1.54, 1.807) is 0 Å². The Morgan fingerprint density at radius 1 is 1.45 bits per heavy atom. The molecule has 1 aromatic heterocycles. The summed E-state index contributed by atoms with van der Waals surface area (Å²) >= 11 is 0. The zero-order valence-electron chi connectivity index (χ0n) is 12.1. The Hall–Kier alpha value is -1.81. The monoisotopic (exact) mass is 271 g/mol. The molecule has 0 saturated carbocycles. The highest BCUT2D eigenvalue weighted by Crippen LogP contribution is 2.29. The zero-order chi connectivity index (χ0) is 13.9. The lowest BCUT2D eigenvalue weighted by Gasteiger charge is -2.11. The van der Waals surface area contributed by atoms with E-state index in [0.29, 0.717) is 0 Å². The van der Waals surface area contributed by atoms with Crippen molar-refractivity contribution in [1.82, 2.24) is 14.9 Å². The third-order valence-corrected chi connectivity index (χ3v) is 3.78. The molecule has 1 aromatic carbocycles. The summed E-state index contributed by atoms with van der Waals surface area (Å²) in [6, 6.07) is 6.41. The molecule has 2 heterocycles. The van der Waals surface area contributed by atoms with Crippen molar-refractivity contribution in [3.8, 4) is 5.75 Å². The maximum Gasteiger partial charge on any atom is 0.123 e. The third-order valence-electron chi connectivity index (χ3n) is 3.78. The summed E-state index contributed by atoms with van der Waals surface area (Å²) in [5, 5.41) is 3.46. The van der Waals surface area contributed by atoms with E-state index in [4.69, 9.17) is 4.74 Å². The summed E-state index contributed by atoms with van der Waals surface area (Å²) in [6.07, 6.45) is 6.03. The molecule has 1 aliphatic heterocycles. The topological polar surface area (TPSA) is 39.1 Å². The molecule has 20 heavy (non-hydrogen) atoms. The van der Waals surface area contributed by atoms with Gasteiger partial charge >= 0.3 is 0 Å². The first-order chi connectivity index (χ1) is 9.72. The number of nitrogens with zero attached hydrogens (tertiary/aromatic N) is 2. The maximum absolute atomic E-state index is 5.94. The molecule has 0 saturated heterocycles. The van der Waals surface area contributed by atoms with Gasteiger partial charge in [0.1, 0.15) is 17.7 Å². The van der Waals surface area contributed by atoms with Crippen molar-refractivity contribution in [3.05, 3.63) is 47.5 Å². The van der Waals surface area contributed by atoms with Gasteiger partial charge in [-0.3, -0.25) is 0 Å². The molecule has 4 heteroatoms. The van der Waals surface area contributed by atoms with Crippen molar-refractivity contribution < 1.29 is 4.74 Å². The quantitative estimate of drug-likeness (QED) is 0.844. The van der Waals surface area contributed by atoms with Crippen molar-refractivity contribution in [2.45, 2.75) is 25.9 Å². The molecule has 0 bridgehead atoms. The van der Waals surface area contributed by atoms with Crippen LogP contribution in [0.5, 0.6) is 5.75 Å². The predicted octanol–water partition coefficient (Wildman–Crippen LogP) is 1.86. The largest absolute Gasteiger partial charge is 0.488 e. The first-order valence-corrected chi connectivity index (χ1v) is 7.15. The number of imidazole rings is 1. The van der Waals surface area contributed by atoms with Gasteiger partial charge in [0.25, 0.3) is 0 Å². The Kier molecular flexibility index (Phi) is 3.74. The Balaban J connectivity index is 1.44. The van der Waals surface area contributed by atoms with E-state index in [1.165, 1.54) is 11.1 Å². The summed E-state index contributed by atoms with van der Waals surface area (Å²) < 4.78 is 8.00. The van der Waals surface area contributed by atoms with Gasteiger partial charge in [0.05, 0.1) is 0 Å². The lowest BCUT2D eigenvalue weighted by atomic mass is 10.1. The third kappa shape index (κ3) is 2.85. The highest BCUT2D eigenvalue weighted by Gasteiger charge is 2.22. The molecule has 0 radical (unpaired) electrons. The molecule has 1 unspecified atom stereocenters. The second-order valence-corrected chi connectivity index (χ2v) is 5.46. The minimum absolute atomic E-state index is 0.258. The highest BCUT2D eigenvalue weighted by molar-refractivity contribution is 5.40. The fourth-order valence-electron chi connectivity index (χ4n) is 2.66. The van der Waals surface area contributed by atoms with Gasteiger partial charge in [0.15, 0.2) is 0 Å². The molecule has 4 nitrogen and oxygen atoms in total. The van der Waals surface area contributed by atoms with Gasteiger partial charge in [-0.05, 0) is 18.6 Å². The fraction of sp³-hybridized carbons (Fsp3) is 0.438. The number of hydrogen-bond donors (Lipinski definition) is 1. The average molecular weight is 271 g/mol.